The Labute approximate surface area is 118 Å². The Hall–Kier alpha value is -1.97. The average Bonchev–Trinajstić information content (AvgIpc) is 2.46. The van der Waals surface area contributed by atoms with Crippen molar-refractivity contribution in [1.29, 1.82) is 0 Å². The van der Waals surface area contributed by atoms with Gasteiger partial charge in [0.25, 0.3) is 0 Å². The second-order valence-electron chi connectivity index (χ2n) is 5.44. The van der Waals surface area contributed by atoms with Crippen molar-refractivity contribution in [3.63, 3.8) is 0 Å². The molecule has 4 nitrogen and oxygen atoms in total. The molecule has 0 amide bonds. The normalized spacial score (nSPS) is 17.9. The molecule has 1 aliphatic heterocycles. The molecule has 0 N–H and O–H groups in total. The number of benzene rings is 1. The lowest BCUT2D eigenvalue weighted by Gasteiger charge is -2.24. The molecule has 0 spiro atoms. The summed E-state index contributed by atoms with van der Waals surface area (Å²) in [6, 6.07) is 6.23. The number of aromatic nitrogens is 2. The van der Waals surface area contributed by atoms with E-state index in [9.17, 15) is 4.79 Å². The van der Waals surface area contributed by atoms with E-state index >= 15 is 0 Å². The van der Waals surface area contributed by atoms with Gasteiger partial charge in [0.15, 0.2) is 0 Å². The first-order chi connectivity index (χ1) is 9.63. The van der Waals surface area contributed by atoms with E-state index < -0.39 is 0 Å². The van der Waals surface area contributed by atoms with E-state index in [1.54, 1.807) is 0 Å². The molecular formula is C16H19N3O. The van der Waals surface area contributed by atoms with Gasteiger partial charge in [-0.1, -0.05) is 26.0 Å². The minimum atomic E-state index is -0.266. The molecule has 1 aromatic heterocycles. The van der Waals surface area contributed by atoms with Crippen molar-refractivity contribution in [2.24, 2.45) is 5.10 Å². The number of hydrogen-bond acceptors (Lipinski definition) is 3. The van der Waals surface area contributed by atoms with E-state index in [1.165, 1.54) is 10.2 Å². The number of nitrogens with zero attached hydrogens (tertiary/aromatic N) is 3. The molecule has 104 valence electrons. The van der Waals surface area contributed by atoms with Crippen LogP contribution in [0.5, 0.6) is 0 Å². The SMILES string of the molecule is CCc1ccc2c3n(c(=O)nc2c1)N=C(C)CC3CC. The van der Waals surface area contributed by atoms with Crippen molar-refractivity contribution >= 4 is 16.6 Å². The lowest BCUT2D eigenvalue weighted by Crippen LogP contribution is -2.29. The van der Waals surface area contributed by atoms with Gasteiger partial charge in [-0.3, -0.25) is 0 Å². The summed E-state index contributed by atoms with van der Waals surface area (Å²) in [5.74, 6) is 0.346. The van der Waals surface area contributed by atoms with Crippen LogP contribution in [0.15, 0.2) is 28.1 Å². The van der Waals surface area contributed by atoms with Crippen LogP contribution in [0.3, 0.4) is 0 Å². The van der Waals surface area contributed by atoms with Crippen molar-refractivity contribution in [2.45, 2.75) is 46.0 Å². The molecule has 0 radical (unpaired) electrons. The molecule has 3 rings (SSSR count). The minimum Gasteiger partial charge on any atom is -0.244 e. The molecule has 0 saturated heterocycles. The van der Waals surface area contributed by atoms with Crippen molar-refractivity contribution in [1.82, 2.24) is 9.66 Å². The highest BCUT2D eigenvalue weighted by molar-refractivity contribution is 5.87. The highest BCUT2D eigenvalue weighted by Gasteiger charge is 2.24. The summed E-state index contributed by atoms with van der Waals surface area (Å²) in [4.78, 5) is 16.4. The summed E-state index contributed by atoms with van der Waals surface area (Å²) in [5.41, 5.74) is 3.76. The fourth-order valence-electron chi connectivity index (χ4n) is 2.97. The standard InChI is InChI=1S/C16H19N3O/c1-4-11-6-7-13-14(9-11)17-16(20)19-15(13)12(5-2)8-10(3)18-19/h6-7,9,12H,4-5,8H2,1-3H3. The summed E-state index contributed by atoms with van der Waals surface area (Å²) < 4.78 is 1.50. The highest BCUT2D eigenvalue weighted by Crippen LogP contribution is 2.31. The third kappa shape index (κ3) is 1.96. The molecule has 1 aliphatic rings. The van der Waals surface area contributed by atoms with Crippen LogP contribution in [-0.4, -0.2) is 15.4 Å². The van der Waals surface area contributed by atoms with Gasteiger partial charge >= 0.3 is 5.69 Å². The van der Waals surface area contributed by atoms with E-state index in [4.69, 9.17) is 0 Å². The minimum absolute atomic E-state index is 0.266. The highest BCUT2D eigenvalue weighted by atomic mass is 16.1. The van der Waals surface area contributed by atoms with Gasteiger partial charge in [0, 0.05) is 17.0 Å². The Morgan fingerprint density at radius 2 is 2.15 bits per heavy atom. The number of aryl methyl sites for hydroxylation is 1. The van der Waals surface area contributed by atoms with Crippen molar-refractivity contribution in [2.75, 3.05) is 0 Å². The first kappa shape index (κ1) is 13.0. The van der Waals surface area contributed by atoms with Crippen LogP contribution in [0, 0.1) is 0 Å². The average molecular weight is 269 g/mol. The van der Waals surface area contributed by atoms with Crippen LogP contribution >= 0.6 is 0 Å². The summed E-state index contributed by atoms with van der Waals surface area (Å²) >= 11 is 0. The van der Waals surface area contributed by atoms with Gasteiger partial charge in [-0.25, -0.2) is 4.79 Å². The number of fused-ring (bicyclic) bond motifs is 3. The monoisotopic (exact) mass is 269 g/mol. The molecule has 0 aliphatic carbocycles. The van der Waals surface area contributed by atoms with Crippen molar-refractivity contribution in [3.8, 4) is 0 Å². The summed E-state index contributed by atoms with van der Waals surface area (Å²) in [7, 11) is 0. The quantitative estimate of drug-likeness (QED) is 0.841. The van der Waals surface area contributed by atoms with Gasteiger partial charge in [-0.15, -0.1) is 0 Å². The van der Waals surface area contributed by atoms with Gasteiger partial charge in [-0.2, -0.15) is 14.8 Å². The smallest absolute Gasteiger partial charge is 0.244 e. The molecule has 1 atom stereocenters. The predicted octanol–water partition coefficient (Wildman–Crippen LogP) is 3.08. The number of hydrogen-bond donors (Lipinski definition) is 0. The van der Waals surface area contributed by atoms with E-state index in [-0.39, 0.29) is 5.69 Å². The second-order valence-corrected chi connectivity index (χ2v) is 5.44. The Bertz CT molecular complexity index is 758. The molecule has 0 saturated carbocycles. The Kier molecular flexibility index (Phi) is 3.16. The van der Waals surface area contributed by atoms with Crippen LogP contribution in [-0.2, 0) is 6.42 Å². The van der Waals surface area contributed by atoms with Crippen LogP contribution in [0.25, 0.3) is 10.9 Å². The molecule has 1 aromatic carbocycles. The first-order valence-electron chi connectivity index (χ1n) is 7.24. The molecular weight excluding hydrogens is 250 g/mol. The maximum Gasteiger partial charge on any atom is 0.369 e. The third-order valence-corrected chi connectivity index (χ3v) is 4.06. The zero-order chi connectivity index (χ0) is 14.3. The topological polar surface area (TPSA) is 47.2 Å². The van der Waals surface area contributed by atoms with Gasteiger partial charge in [0.2, 0.25) is 0 Å². The Morgan fingerprint density at radius 1 is 1.35 bits per heavy atom. The van der Waals surface area contributed by atoms with E-state index in [0.717, 1.165) is 41.6 Å². The van der Waals surface area contributed by atoms with Crippen LogP contribution in [0.1, 0.15) is 50.8 Å². The first-order valence-corrected chi connectivity index (χ1v) is 7.24. The largest absolute Gasteiger partial charge is 0.369 e. The maximum atomic E-state index is 12.2. The van der Waals surface area contributed by atoms with Gasteiger partial charge in [-0.05, 0) is 37.8 Å². The van der Waals surface area contributed by atoms with Gasteiger partial charge < -0.3 is 0 Å². The molecule has 20 heavy (non-hydrogen) atoms. The van der Waals surface area contributed by atoms with Gasteiger partial charge in [0.1, 0.15) is 0 Å². The molecule has 0 bridgehead atoms. The Morgan fingerprint density at radius 3 is 2.85 bits per heavy atom. The molecule has 1 unspecified atom stereocenters. The second kappa shape index (κ2) is 4.85. The molecule has 0 fully saturated rings. The molecule has 2 aromatic rings. The van der Waals surface area contributed by atoms with Gasteiger partial charge in [0.05, 0.1) is 11.2 Å². The van der Waals surface area contributed by atoms with E-state index in [0.29, 0.717) is 5.92 Å². The molecule has 4 heteroatoms. The lowest BCUT2D eigenvalue weighted by molar-refractivity contribution is 0.581. The number of rotatable bonds is 2. The fraction of sp³-hybridized carbons (Fsp3) is 0.438. The van der Waals surface area contributed by atoms with Crippen molar-refractivity contribution in [3.05, 3.63) is 39.9 Å². The fourth-order valence-corrected chi connectivity index (χ4v) is 2.97. The van der Waals surface area contributed by atoms with Crippen LogP contribution < -0.4 is 5.69 Å². The third-order valence-electron chi connectivity index (χ3n) is 4.06. The van der Waals surface area contributed by atoms with E-state index in [1.807, 2.05) is 13.0 Å². The lowest BCUT2D eigenvalue weighted by atomic mass is 9.91. The Balaban J connectivity index is 2.38. The summed E-state index contributed by atoms with van der Waals surface area (Å²) in [6.07, 6.45) is 2.87. The zero-order valence-corrected chi connectivity index (χ0v) is 12.2. The zero-order valence-electron chi connectivity index (χ0n) is 12.2. The summed E-state index contributed by atoms with van der Waals surface area (Å²) in [5, 5.41) is 5.45. The molecule has 2 heterocycles. The maximum absolute atomic E-state index is 12.2. The van der Waals surface area contributed by atoms with Crippen molar-refractivity contribution < 1.29 is 0 Å². The van der Waals surface area contributed by atoms with Crippen LogP contribution in [0.4, 0.5) is 0 Å². The summed E-state index contributed by atoms with van der Waals surface area (Å²) in [6.45, 7) is 6.24. The predicted molar refractivity (Wildman–Crippen MR) is 81.5 cm³/mol. The van der Waals surface area contributed by atoms with Crippen LogP contribution in [0.2, 0.25) is 0 Å². The van der Waals surface area contributed by atoms with E-state index in [2.05, 4.69) is 36.1 Å².